The van der Waals surface area contributed by atoms with Gasteiger partial charge in [0.05, 0.1) is 12.7 Å². The van der Waals surface area contributed by atoms with Crippen LogP contribution in [-0.2, 0) is 11.3 Å². The molecule has 3 rings (SSSR count). The average Bonchev–Trinajstić information content (AvgIpc) is 2.73. The molecule has 0 saturated carbocycles. The third-order valence-electron chi connectivity index (χ3n) is 4.23. The van der Waals surface area contributed by atoms with Gasteiger partial charge in [0.1, 0.15) is 17.3 Å². The molecule has 0 spiro atoms. The molecule has 2 aromatic carbocycles. The Morgan fingerprint density at radius 3 is 2.31 bits per heavy atom. The molecule has 0 atom stereocenters. The SMILES string of the molecule is COC(=O)c1ccc(NC(=O)c2cc(NCc3ccc(C)cc3)nc(C)n2)cc1. The molecule has 7 heteroatoms. The topological polar surface area (TPSA) is 93.2 Å². The maximum absolute atomic E-state index is 12.6. The van der Waals surface area contributed by atoms with Crippen LogP contribution in [0.15, 0.2) is 54.6 Å². The summed E-state index contributed by atoms with van der Waals surface area (Å²) in [6, 6.07) is 16.2. The summed E-state index contributed by atoms with van der Waals surface area (Å²) in [4.78, 5) is 32.6. The number of benzene rings is 2. The van der Waals surface area contributed by atoms with Crippen LogP contribution in [-0.4, -0.2) is 29.0 Å². The van der Waals surface area contributed by atoms with Gasteiger partial charge in [0.25, 0.3) is 5.91 Å². The van der Waals surface area contributed by atoms with Crippen molar-refractivity contribution in [3.63, 3.8) is 0 Å². The minimum absolute atomic E-state index is 0.251. The lowest BCUT2D eigenvalue weighted by atomic mass is 10.1. The number of nitrogens with one attached hydrogen (secondary N) is 2. The van der Waals surface area contributed by atoms with Crippen LogP contribution in [0.1, 0.15) is 37.8 Å². The van der Waals surface area contributed by atoms with Gasteiger partial charge in [0.15, 0.2) is 0 Å². The van der Waals surface area contributed by atoms with Crippen molar-refractivity contribution in [1.82, 2.24) is 9.97 Å². The maximum Gasteiger partial charge on any atom is 0.337 e. The predicted molar refractivity (Wildman–Crippen MR) is 111 cm³/mol. The summed E-state index contributed by atoms with van der Waals surface area (Å²) in [7, 11) is 1.32. The second-order valence-corrected chi connectivity index (χ2v) is 6.55. The van der Waals surface area contributed by atoms with Gasteiger partial charge in [-0.1, -0.05) is 29.8 Å². The van der Waals surface area contributed by atoms with E-state index in [9.17, 15) is 9.59 Å². The third-order valence-corrected chi connectivity index (χ3v) is 4.23. The number of methoxy groups -OCH3 is 1. The van der Waals surface area contributed by atoms with Crippen molar-refractivity contribution in [3.8, 4) is 0 Å². The molecule has 0 fully saturated rings. The Kier molecular flexibility index (Phi) is 6.19. The Morgan fingerprint density at radius 2 is 1.66 bits per heavy atom. The number of nitrogens with zero attached hydrogens (tertiary/aromatic N) is 2. The molecular weight excluding hydrogens is 368 g/mol. The molecule has 0 bridgehead atoms. The summed E-state index contributed by atoms with van der Waals surface area (Å²) in [5.74, 6) is 0.271. The van der Waals surface area contributed by atoms with Crippen LogP contribution in [0.2, 0.25) is 0 Å². The van der Waals surface area contributed by atoms with Gasteiger partial charge in [-0.3, -0.25) is 4.79 Å². The summed E-state index contributed by atoms with van der Waals surface area (Å²) in [6.45, 7) is 4.37. The number of ether oxygens (including phenoxy) is 1. The fraction of sp³-hybridized carbons (Fsp3) is 0.182. The largest absolute Gasteiger partial charge is 0.465 e. The van der Waals surface area contributed by atoms with Crippen molar-refractivity contribution in [2.75, 3.05) is 17.7 Å². The Balaban J connectivity index is 1.68. The standard InChI is InChI=1S/C22H22N4O3/c1-14-4-6-16(7-5-14)13-23-20-12-19(24-15(2)25-20)21(27)26-18-10-8-17(9-11-18)22(28)29-3/h4-12H,13H2,1-3H3,(H,26,27)(H,23,24,25). The first-order chi connectivity index (χ1) is 13.9. The Bertz CT molecular complexity index is 1020. The summed E-state index contributed by atoms with van der Waals surface area (Å²) in [5, 5.41) is 5.99. The number of aromatic nitrogens is 2. The zero-order chi connectivity index (χ0) is 20.8. The lowest BCUT2D eigenvalue weighted by Crippen LogP contribution is -2.16. The molecule has 29 heavy (non-hydrogen) atoms. The molecule has 0 aliphatic heterocycles. The fourth-order valence-corrected chi connectivity index (χ4v) is 2.68. The third kappa shape index (κ3) is 5.38. The van der Waals surface area contributed by atoms with Crippen molar-refractivity contribution in [3.05, 3.63) is 82.8 Å². The van der Waals surface area contributed by atoms with Crippen LogP contribution in [0.5, 0.6) is 0 Å². The molecule has 7 nitrogen and oxygen atoms in total. The molecule has 0 radical (unpaired) electrons. The van der Waals surface area contributed by atoms with Gasteiger partial charge in [0, 0.05) is 18.3 Å². The minimum Gasteiger partial charge on any atom is -0.465 e. The van der Waals surface area contributed by atoms with Crippen LogP contribution in [0.25, 0.3) is 0 Å². The second kappa shape index (κ2) is 8.97. The highest BCUT2D eigenvalue weighted by Crippen LogP contribution is 2.14. The Morgan fingerprint density at radius 1 is 0.966 bits per heavy atom. The van der Waals surface area contributed by atoms with Crippen molar-refractivity contribution < 1.29 is 14.3 Å². The van der Waals surface area contributed by atoms with Gasteiger partial charge in [-0.2, -0.15) is 0 Å². The van der Waals surface area contributed by atoms with Gasteiger partial charge in [-0.15, -0.1) is 0 Å². The van der Waals surface area contributed by atoms with Crippen LogP contribution in [0.4, 0.5) is 11.5 Å². The van der Waals surface area contributed by atoms with Gasteiger partial charge in [-0.05, 0) is 43.7 Å². The number of amides is 1. The molecular formula is C22H22N4O3. The van der Waals surface area contributed by atoms with E-state index in [2.05, 4.69) is 25.3 Å². The van der Waals surface area contributed by atoms with E-state index in [1.807, 2.05) is 31.2 Å². The summed E-state index contributed by atoms with van der Waals surface area (Å²) < 4.78 is 4.66. The van der Waals surface area contributed by atoms with Gasteiger partial charge >= 0.3 is 5.97 Å². The van der Waals surface area contributed by atoms with Crippen molar-refractivity contribution >= 4 is 23.4 Å². The number of carbonyl (C=O) groups is 2. The van der Waals surface area contributed by atoms with Gasteiger partial charge in [-0.25, -0.2) is 14.8 Å². The van der Waals surface area contributed by atoms with Crippen LogP contribution < -0.4 is 10.6 Å². The zero-order valence-electron chi connectivity index (χ0n) is 16.5. The number of hydrogen-bond donors (Lipinski definition) is 2. The molecule has 0 saturated heterocycles. The van der Waals surface area contributed by atoms with E-state index in [4.69, 9.17) is 0 Å². The highest BCUT2D eigenvalue weighted by molar-refractivity contribution is 6.03. The maximum atomic E-state index is 12.6. The number of anilines is 2. The van der Waals surface area contributed by atoms with E-state index in [1.165, 1.54) is 12.7 Å². The lowest BCUT2D eigenvalue weighted by Gasteiger charge is -2.10. The van der Waals surface area contributed by atoms with E-state index in [-0.39, 0.29) is 11.6 Å². The number of rotatable bonds is 6. The Labute approximate surface area is 169 Å². The molecule has 0 unspecified atom stereocenters. The smallest absolute Gasteiger partial charge is 0.337 e. The van der Waals surface area contributed by atoms with E-state index >= 15 is 0 Å². The number of hydrogen-bond acceptors (Lipinski definition) is 6. The first-order valence-corrected chi connectivity index (χ1v) is 9.09. The van der Waals surface area contributed by atoms with E-state index in [0.29, 0.717) is 29.4 Å². The van der Waals surface area contributed by atoms with Gasteiger partial charge in [0.2, 0.25) is 0 Å². The number of carbonyl (C=O) groups excluding carboxylic acids is 2. The second-order valence-electron chi connectivity index (χ2n) is 6.55. The summed E-state index contributed by atoms with van der Waals surface area (Å²) in [6.07, 6.45) is 0. The normalized spacial score (nSPS) is 10.3. The highest BCUT2D eigenvalue weighted by Gasteiger charge is 2.12. The molecule has 3 aromatic rings. The Hall–Kier alpha value is -3.74. The predicted octanol–water partition coefficient (Wildman–Crippen LogP) is 3.74. The highest BCUT2D eigenvalue weighted by atomic mass is 16.5. The molecule has 0 aliphatic carbocycles. The van der Waals surface area contributed by atoms with Crippen molar-refractivity contribution in [2.24, 2.45) is 0 Å². The molecule has 148 valence electrons. The minimum atomic E-state index is -0.432. The molecule has 2 N–H and O–H groups in total. The van der Waals surface area contributed by atoms with Gasteiger partial charge < -0.3 is 15.4 Å². The van der Waals surface area contributed by atoms with Crippen LogP contribution in [0, 0.1) is 13.8 Å². The molecule has 1 aromatic heterocycles. The molecule has 1 amide bonds. The molecule has 1 heterocycles. The van der Waals surface area contributed by atoms with E-state index in [1.54, 1.807) is 37.3 Å². The quantitative estimate of drug-likeness (QED) is 0.623. The fourth-order valence-electron chi connectivity index (χ4n) is 2.68. The number of esters is 1. The summed E-state index contributed by atoms with van der Waals surface area (Å²) >= 11 is 0. The van der Waals surface area contributed by atoms with Crippen LogP contribution >= 0.6 is 0 Å². The summed E-state index contributed by atoms with van der Waals surface area (Å²) in [5.41, 5.74) is 3.52. The van der Waals surface area contributed by atoms with E-state index in [0.717, 1.165) is 5.56 Å². The average molecular weight is 390 g/mol. The van der Waals surface area contributed by atoms with E-state index < -0.39 is 5.97 Å². The van der Waals surface area contributed by atoms with Crippen LogP contribution in [0.3, 0.4) is 0 Å². The first kappa shape index (κ1) is 20.0. The monoisotopic (exact) mass is 390 g/mol. The lowest BCUT2D eigenvalue weighted by molar-refractivity contribution is 0.0600. The van der Waals surface area contributed by atoms with Crippen molar-refractivity contribution in [2.45, 2.75) is 20.4 Å². The molecule has 0 aliphatic rings. The first-order valence-electron chi connectivity index (χ1n) is 9.09. The zero-order valence-corrected chi connectivity index (χ0v) is 16.5. The number of aryl methyl sites for hydroxylation is 2. The van der Waals surface area contributed by atoms with Crippen molar-refractivity contribution in [1.29, 1.82) is 0 Å².